The molecule has 2 N–H and O–H groups in total. The second-order valence-corrected chi connectivity index (χ2v) is 5.19. The molecule has 0 saturated carbocycles. The zero-order valence-corrected chi connectivity index (χ0v) is 13.5. The zero-order valence-electron chi connectivity index (χ0n) is 13.5. The third-order valence-corrected chi connectivity index (χ3v) is 3.50. The standard InChI is InChI=1S/C18H20N2O3/c1-12-4-5-13(10-16(12)23-3)11-17(21)20-15-8-6-14(7-9-15)18(22)19-2/h4-10H,11H2,1-3H3,(H,19,22)(H,20,21). The highest BCUT2D eigenvalue weighted by Gasteiger charge is 2.08. The average Bonchev–Trinajstić information content (AvgIpc) is 2.56. The van der Waals surface area contributed by atoms with Gasteiger partial charge in [0.1, 0.15) is 5.75 Å². The van der Waals surface area contributed by atoms with Gasteiger partial charge < -0.3 is 15.4 Å². The smallest absolute Gasteiger partial charge is 0.251 e. The molecule has 5 nitrogen and oxygen atoms in total. The third kappa shape index (κ3) is 4.32. The molecule has 2 aromatic rings. The Balaban J connectivity index is 2.00. The van der Waals surface area contributed by atoms with Crippen LogP contribution in [-0.4, -0.2) is 26.0 Å². The van der Waals surface area contributed by atoms with E-state index in [0.717, 1.165) is 16.9 Å². The molecule has 2 aromatic carbocycles. The normalized spacial score (nSPS) is 10.0. The molecule has 0 saturated heterocycles. The van der Waals surface area contributed by atoms with Gasteiger partial charge in [-0.1, -0.05) is 12.1 Å². The number of methoxy groups -OCH3 is 1. The number of benzene rings is 2. The number of rotatable bonds is 5. The SMILES string of the molecule is CNC(=O)c1ccc(NC(=O)Cc2ccc(C)c(OC)c2)cc1. The van der Waals surface area contributed by atoms with Gasteiger partial charge in [-0.05, 0) is 48.4 Å². The molecule has 0 spiro atoms. The van der Waals surface area contributed by atoms with Crippen molar-refractivity contribution < 1.29 is 14.3 Å². The Morgan fingerprint density at radius 2 is 1.78 bits per heavy atom. The van der Waals surface area contributed by atoms with Gasteiger partial charge in [0.2, 0.25) is 5.91 Å². The molecule has 0 bridgehead atoms. The van der Waals surface area contributed by atoms with Crippen molar-refractivity contribution in [3.8, 4) is 5.75 Å². The van der Waals surface area contributed by atoms with Gasteiger partial charge in [0.25, 0.3) is 5.91 Å². The first-order chi connectivity index (χ1) is 11.0. The second kappa shape index (κ2) is 7.45. The van der Waals surface area contributed by atoms with Crippen molar-refractivity contribution in [2.24, 2.45) is 0 Å². The molecular formula is C18H20N2O3. The topological polar surface area (TPSA) is 67.4 Å². The van der Waals surface area contributed by atoms with E-state index in [1.54, 1.807) is 38.4 Å². The molecule has 0 aromatic heterocycles. The molecule has 120 valence electrons. The van der Waals surface area contributed by atoms with E-state index in [0.29, 0.717) is 11.3 Å². The predicted octanol–water partition coefficient (Wildman–Crippen LogP) is 2.54. The first-order valence-corrected chi connectivity index (χ1v) is 7.29. The number of hydrogen-bond donors (Lipinski definition) is 2. The summed E-state index contributed by atoms with van der Waals surface area (Å²) >= 11 is 0. The van der Waals surface area contributed by atoms with Gasteiger partial charge >= 0.3 is 0 Å². The van der Waals surface area contributed by atoms with E-state index in [4.69, 9.17) is 4.74 Å². The summed E-state index contributed by atoms with van der Waals surface area (Å²) in [6.07, 6.45) is 0.258. The van der Waals surface area contributed by atoms with Crippen LogP contribution < -0.4 is 15.4 Å². The summed E-state index contributed by atoms with van der Waals surface area (Å²) in [4.78, 5) is 23.6. The van der Waals surface area contributed by atoms with Crippen molar-refractivity contribution in [3.05, 3.63) is 59.2 Å². The highest BCUT2D eigenvalue weighted by atomic mass is 16.5. The van der Waals surface area contributed by atoms with Crippen LogP contribution in [0.4, 0.5) is 5.69 Å². The Bertz CT molecular complexity index is 709. The van der Waals surface area contributed by atoms with Crippen molar-refractivity contribution in [2.75, 3.05) is 19.5 Å². The summed E-state index contributed by atoms with van der Waals surface area (Å²) in [5, 5.41) is 5.37. The lowest BCUT2D eigenvalue weighted by Crippen LogP contribution is -2.18. The molecule has 0 atom stereocenters. The predicted molar refractivity (Wildman–Crippen MR) is 89.9 cm³/mol. The van der Waals surface area contributed by atoms with Crippen molar-refractivity contribution in [1.29, 1.82) is 0 Å². The molecule has 5 heteroatoms. The van der Waals surface area contributed by atoms with Crippen LogP contribution in [0, 0.1) is 6.92 Å². The Labute approximate surface area is 135 Å². The number of aryl methyl sites for hydroxylation is 1. The van der Waals surface area contributed by atoms with Gasteiger partial charge in [0.05, 0.1) is 13.5 Å². The highest BCUT2D eigenvalue weighted by molar-refractivity contribution is 5.96. The van der Waals surface area contributed by atoms with Crippen molar-refractivity contribution in [1.82, 2.24) is 5.32 Å². The third-order valence-electron chi connectivity index (χ3n) is 3.50. The van der Waals surface area contributed by atoms with Crippen LogP contribution in [0.25, 0.3) is 0 Å². The molecule has 0 fully saturated rings. The monoisotopic (exact) mass is 312 g/mol. The quantitative estimate of drug-likeness (QED) is 0.891. The molecular weight excluding hydrogens is 292 g/mol. The summed E-state index contributed by atoms with van der Waals surface area (Å²) in [7, 11) is 3.19. The summed E-state index contributed by atoms with van der Waals surface area (Å²) < 4.78 is 5.26. The first-order valence-electron chi connectivity index (χ1n) is 7.29. The summed E-state index contributed by atoms with van der Waals surface area (Å²) in [5.41, 5.74) is 3.11. The Hall–Kier alpha value is -2.82. The van der Waals surface area contributed by atoms with Gasteiger partial charge in [-0.2, -0.15) is 0 Å². The Morgan fingerprint density at radius 1 is 1.09 bits per heavy atom. The molecule has 0 aliphatic carbocycles. The molecule has 0 radical (unpaired) electrons. The zero-order chi connectivity index (χ0) is 16.8. The van der Waals surface area contributed by atoms with Crippen molar-refractivity contribution >= 4 is 17.5 Å². The van der Waals surface area contributed by atoms with Gasteiger partial charge in [0, 0.05) is 18.3 Å². The van der Waals surface area contributed by atoms with E-state index in [1.165, 1.54) is 0 Å². The lowest BCUT2D eigenvalue weighted by molar-refractivity contribution is -0.115. The van der Waals surface area contributed by atoms with Crippen LogP contribution in [0.1, 0.15) is 21.5 Å². The molecule has 0 heterocycles. The molecule has 0 aliphatic heterocycles. The second-order valence-electron chi connectivity index (χ2n) is 5.19. The molecule has 2 rings (SSSR count). The van der Waals surface area contributed by atoms with E-state index in [1.807, 2.05) is 25.1 Å². The lowest BCUT2D eigenvalue weighted by Gasteiger charge is -2.09. The van der Waals surface area contributed by atoms with Crippen LogP contribution in [0.3, 0.4) is 0 Å². The largest absolute Gasteiger partial charge is 0.496 e. The van der Waals surface area contributed by atoms with Gasteiger partial charge in [0.15, 0.2) is 0 Å². The summed E-state index contributed by atoms with van der Waals surface area (Å²) in [6.45, 7) is 1.96. The number of hydrogen-bond acceptors (Lipinski definition) is 3. The maximum absolute atomic E-state index is 12.1. The number of anilines is 1. The summed E-state index contributed by atoms with van der Waals surface area (Å²) in [6, 6.07) is 12.5. The van der Waals surface area contributed by atoms with Crippen LogP contribution in [0.5, 0.6) is 5.75 Å². The maximum Gasteiger partial charge on any atom is 0.251 e. The first kappa shape index (κ1) is 16.5. The Morgan fingerprint density at radius 3 is 2.39 bits per heavy atom. The maximum atomic E-state index is 12.1. The van der Waals surface area contributed by atoms with Crippen molar-refractivity contribution in [3.63, 3.8) is 0 Å². The number of carbonyl (C=O) groups is 2. The number of ether oxygens (including phenoxy) is 1. The Kier molecular flexibility index (Phi) is 5.36. The van der Waals surface area contributed by atoms with E-state index in [9.17, 15) is 9.59 Å². The van der Waals surface area contributed by atoms with Crippen molar-refractivity contribution in [2.45, 2.75) is 13.3 Å². The molecule has 0 unspecified atom stereocenters. The molecule has 23 heavy (non-hydrogen) atoms. The minimum absolute atomic E-state index is 0.122. The average molecular weight is 312 g/mol. The highest BCUT2D eigenvalue weighted by Crippen LogP contribution is 2.19. The fourth-order valence-corrected chi connectivity index (χ4v) is 2.21. The van der Waals surface area contributed by atoms with Gasteiger partial charge in [-0.15, -0.1) is 0 Å². The van der Waals surface area contributed by atoms with E-state index in [2.05, 4.69) is 10.6 Å². The van der Waals surface area contributed by atoms with E-state index < -0.39 is 0 Å². The van der Waals surface area contributed by atoms with Crippen LogP contribution in [0.2, 0.25) is 0 Å². The fourth-order valence-electron chi connectivity index (χ4n) is 2.21. The number of nitrogens with one attached hydrogen (secondary N) is 2. The molecule has 0 aliphatic rings. The lowest BCUT2D eigenvalue weighted by atomic mass is 10.1. The van der Waals surface area contributed by atoms with Crippen LogP contribution in [-0.2, 0) is 11.2 Å². The van der Waals surface area contributed by atoms with Gasteiger partial charge in [-0.3, -0.25) is 9.59 Å². The number of amides is 2. The van der Waals surface area contributed by atoms with Gasteiger partial charge in [-0.25, -0.2) is 0 Å². The minimum Gasteiger partial charge on any atom is -0.496 e. The molecule has 2 amide bonds. The van der Waals surface area contributed by atoms with E-state index in [-0.39, 0.29) is 18.2 Å². The van der Waals surface area contributed by atoms with Crippen LogP contribution in [0.15, 0.2) is 42.5 Å². The van der Waals surface area contributed by atoms with Crippen LogP contribution >= 0.6 is 0 Å². The van der Waals surface area contributed by atoms with E-state index >= 15 is 0 Å². The summed E-state index contributed by atoms with van der Waals surface area (Å²) in [5.74, 6) is 0.489. The fraction of sp³-hybridized carbons (Fsp3) is 0.222. The minimum atomic E-state index is -0.158. The number of carbonyl (C=O) groups excluding carboxylic acids is 2.